The van der Waals surface area contributed by atoms with Crippen LogP contribution in [0.2, 0.25) is 4.34 Å². The number of halogens is 1. The molecule has 0 aliphatic rings. The van der Waals surface area contributed by atoms with Crippen LogP contribution < -0.4 is 11.1 Å². The van der Waals surface area contributed by atoms with Gasteiger partial charge >= 0.3 is 0 Å². The van der Waals surface area contributed by atoms with Gasteiger partial charge in [0.1, 0.15) is 0 Å². The Kier molecular flexibility index (Phi) is 5.39. The van der Waals surface area contributed by atoms with Crippen LogP contribution in [0.1, 0.15) is 11.3 Å². The van der Waals surface area contributed by atoms with Crippen LogP contribution in [-0.4, -0.2) is 19.6 Å². The highest BCUT2D eigenvalue weighted by Crippen LogP contribution is 2.21. The van der Waals surface area contributed by atoms with Gasteiger partial charge in [-0.25, -0.2) is 0 Å². The number of hydrogen-bond acceptors (Lipinski definition) is 3. The van der Waals surface area contributed by atoms with Crippen LogP contribution >= 0.6 is 22.9 Å². The molecule has 0 bridgehead atoms. The van der Waals surface area contributed by atoms with Crippen molar-refractivity contribution in [3.8, 4) is 0 Å². The van der Waals surface area contributed by atoms with Crippen molar-refractivity contribution < 1.29 is 0 Å². The van der Waals surface area contributed by atoms with Gasteiger partial charge in [0.25, 0.3) is 0 Å². The molecule has 1 aromatic heterocycles. The standard InChI is InChI=1S/C9H15ClN2S/c10-9-3-2-8(13-9)4-7-12-6-1-5-11/h2-3,12H,1,4-7,11H2. The topological polar surface area (TPSA) is 38.0 Å². The molecule has 74 valence electrons. The first-order chi connectivity index (χ1) is 6.33. The zero-order valence-corrected chi connectivity index (χ0v) is 9.13. The zero-order chi connectivity index (χ0) is 9.52. The molecule has 0 aliphatic heterocycles. The van der Waals surface area contributed by atoms with Gasteiger partial charge < -0.3 is 11.1 Å². The van der Waals surface area contributed by atoms with E-state index in [2.05, 4.69) is 11.4 Å². The lowest BCUT2D eigenvalue weighted by molar-refractivity contribution is 0.655. The van der Waals surface area contributed by atoms with Gasteiger partial charge in [0.05, 0.1) is 4.34 Å². The fourth-order valence-electron chi connectivity index (χ4n) is 1.05. The number of nitrogens with one attached hydrogen (secondary N) is 1. The fourth-order valence-corrected chi connectivity index (χ4v) is 2.14. The van der Waals surface area contributed by atoms with E-state index >= 15 is 0 Å². The van der Waals surface area contributed by atoms with E-state index in [9.17, 15) is 0 Å². The van der Waals surface area contributed by atoms with Crippen LogP contribution in [0.4, 0.5) is 0 Å². The monoisotopic (exact) mass is 218 g/mol. The van der Waals surface area contributed by atoms with E-state index in [1.54, 1.807) is 11.3 Å². The molecular weight excluding hydrogens is 204 g/mol. The molecule has 0 spiro atoms. The number of hydrogen-bond donors (Lipinski definition) is 2. The van der Waals surface area contributed by atoms with E-state index in [0.717, 1.165) is 36.8 Å². The minimum atomic E-state index is 0.762. The molecule has 0 unspecified atom stereocenters. The predicted octanol–water partition coefficient (Wildman–Crippen LogP) is 1.88. The summed E-state index contributed by atoms with van der Waals surface area (Å²) >= 11 is 7.46. The van der Waals surface area contributed by atoms with Crippen LogP contribution in [0.5, 0.6) is 0 Å². The zero-order valence-electron chi connectivity index (χ0n) is 7.55. The lowest BCUT2D eigenvalue weighted by Gasteiger charge is -2.01. The second-order valence-electron chi connectivity index (χ2n) is 2.85. The highest BCUT2D eigenvalue weighted by atomic mass is 35.5. The first-order valence-corrected chi connectivity index (χ1v) is 5.67. The molecule has 0 amide bonds. The summed E-state index contributed by atoms with van der Waals surface area (Å²) in [5, 5.41) is 3.33. The molecule has 1 rings (SSSR count). The maximum Gasteiger partial charge on any atom is 0.0931 e. The van der Waals surface area contributed by atoms with Crippen LogP contribution in [0.15, 0.2) is 12.1 Å². The molecule has 0 radical (unpaired) electrons. The predicted molar refractivity (Wildman–Crippen MR) is 59.6 cm³/mol. The van der Waals surface area contributed by atoms with E-state index in [4.69, 9.17) is 17.3 Å². The van der Waals surface area contributed by atoms with E-state index in [-0.39, 0.29) is 0 Å². The summed E-state index contributed by atoms with van der Waals surface area (Å²) in [7, 11) is 0. The van der Waals surface area contributed by atoms with E-state index < -0.39 is 0 Å². The minimum absolute atomic E-state index is 0.762. The van der Waals surface area contributed by atoms with Crippen molar-refractivity contribution in [1.82, 2.24) is 5.32 Å². The molecule has 0 aliphatic carbocycles. The Morgan fingerprint density at radius 3 is 2.85 bits per heavy atom. The lowest BCUT2D eigenvalue weighted by atomic mass is 10.3. The molecule has 0 saturated carbocycles. The van der Waals surface area contributed by atoms with Crippen LogP contribution in [0.3, 0.4) is 0 Å². The Hall–Kier alpha value is -0.0900. The Balaban J connectivity index is 2.06. The van der Waals surface area contributed by atoms with Crippen LogP contribution in [0.25, 0.3) is 0 Å². The summed E-state index contributed by atoms with van der Waals surface area (Å²) in [6, 6.07) is 4.03. The molecule has 1 heterocycles. The second kappa shape index (κ2) is 6.38. The van der Waals surface area contributed by atoms with Gasteiger partial charge in [-0.05, 0) is 44.6 Å². The van der Waals surface area contributed by atoms with Gasteiger partial charge in [0.15, 0.2) is 0 Å². The normalized spacial score (nSPS) is 10.6. The fraction of sp³-hybridized carbons (Fsp3) is 0.556. The molecule has 0 fully saturated rings. The van der Waals surface area contributed by atoms with Crippen LogP contribution in [0, 0.1) is 0 Å². The molecule has 1 aromatic rings. The first kappa shape index (κ1) is 11.0. The van der Waals surface area contributed by atoms with Crippen molar-refractivity contribution in [3.63, 3.8) is 0 Å². The molecule has 4 heteroatoms. The molecule has 3 N–H and O–H groups in total. The smallest absolute Gasteiger partial charge is 0.0931 e. The third-order valence-electron chi connectivity index (χ3n) is 1.73. The maximum atomic E-state index is 5.80. The van der Waals surface area contributed by atoms with Crippen molar-refractivity contribution in [2.24, 2.45) is 5.73 Å². The van der Waals surface area contributed by atoms with Crippen molar-refractivity contribution >= 4 is 22.9 Å². The molecule has 0 aromatic carbocycles. The van der Waals surface area contributed by atoms with Crippen molar-refractivity contribution in [3.05, 3.63) is 21.3 Å². The summed E-state index contributed by atoms with van der Waals surface area (Å²) < 4.78 is 0.872. The van der Waals surface area contributed by atoms with Gasteiger partial charge in [-0.1, -0.05) is 11.6 Å². The molecule has 2 nitrogen and oxygen atoms in total. The van der Waals surface area contributed by atoms with Gasteiger partial charge in [0, 0.05) is 4.88 Å². The molecule has 13 heavy (non-hydrogen) atoms. The molecular formula is C9H15ClN2S. The Labute approximate surface area is 88.1 Å². The van der Waals surface area contributed by atoms with Crippen LogP contribution in [-0.2, 0) is 6.42 Å². The Morgan fingerprint density at radius 1 is 1.38 bits per heavy atom. The third-order valence-corrected chi connectivity index (χ3v) is 3.03. The Bertz CT molecular complexity index is 237. The van der Waals surface area contributed by atoms with Crippen molar-refractivity contribution in [1.29, 1.82) is 0 Å². The third kappa shape index (κ3) is 4.62. The maximum absolute atomic E-state index is 5.80. The van der Waals surface area contributed by atoms with E-state index in [0.29, 0.717) is 0 Å². The largest absolute Gasteiger partial charge is 0.330 e. The van der Waals surface area contributed by atoms with Crippen molar-refractivity contribution in [2.75, 3.05) is 19.6 Å². The highest BCUT2D eigenvalue weighted by Gasteiger charge is 1.96. The SMILES string of the molecule is NCCCNCCc1ccc(Cl)s1. The summed E-state index contributed by atoms with van der Waals surface area (Å²) in [5.41, 5.74) is 5.37. The van der Waals surface area contributed by atoms with Gasteiger partial charge in [0.2, 0.25) is 0 Å². The highest BCUT2D eigenvalue weighted by molar-refractivity contribution is 7.16. The average Bonchev–Trinajstić information content (AvgIpc) is 2.51. The van der Waals surface area contributed by atoms with E-state index in [1.807, 2.05) is 6.07 Å². The Morgan fingerprint density at radius 2 is 2.23 bits per heavy atom. The number of nitrogens with two attached hydrogens (primary N) is 1. The summed E-state index contributed by atoms with van der Waals surface area (Å²) in [4.78, 5) is 1.34. The average molecular weight is 219 g/mol. The van der Waals surface area contributed by atoms with Crippen molar-refractivity contribution in [2.45, 2.75) is 12.8 Å². The second-order valence-corrected chi connectivity index (χ2v) is 4.65. The first-order valence-electron chi connectivity index (χ1n) is 4.48. The molecule has 0 atom stereocenters. The lowest BCUT2D eigenvalue weighted by Crippen LogP contribution is -2.20. The molecule has 0 saturated heterocycles. The minimum Gasteiger partial charge on any atom is -0.330 e. The van der Waals surface area contributed by atoms with Gasteiger partial charge in [-0.3, -0.25) is 0 Å². The van der Waals surface area contributed by atoms with Gasteiger partial charge in [-0.2, -0.15) is 0 Å². The summed E-state index contributed by atoms with van der Waals surface area (Å²) in [6.45, 7) is 2.78. The summed E-state index contributed by atoms with van der Waals surface area (Å²) in [5.74, 6) is 0. The quantitative estimate of drug-likeness (QED) is 0.716. The number of thiophene rings is 1. The summed E-state index contributed by atoms with van der Waals surface area (Å²) in [6.07, 6.45) is 2.10. The van der Waals surface area contributed by atoms with Gasteiger partial charge in [-0.15, -0.1) is 11.3 Å². The van der Waals surface area contributed by atoms with E-state index in [1.165, 1.54) is 4.88 Å². The number of rotatable bonds is 6.